The molecule has 0 amide bonds. The minimum absolute atomic E-state index is 0.00153. The summed E-state index contributed by atoms with van der Waals surface area (Å²) >= 11 is 1.56. The summed E-state index contributed by atoms with van der Waals surface area (Å²) in [5, 5.41) is 9.35. The van der Waals surface area contributed by atoms with Crippen molar-refractivity contribution in [2.75, 3.05) is 26.1 Å². The predicted molar refractivity (Wildman–Crippen MR) is 119 cm³/mol. The van der Waals surface area contributed by atoms with Crippen LogP contribution in [0.5, 0.6) is 11.5 Å². The molecule has 0 saturated heterocycles. The Morgan fingerprint density at radius 3 is 2.65 bits per heavy atom. The van der Waals surface area contributed by atoms with Crippen molar-refractivity contribution in [3.05, 3.63) is 65.2 Å². The van der Waals surface area contributed by atoms with Crippen LogP contribution in [0.3, 0.4) is 0 Å². The summed E-state index contributed by atoms with van der Waals surface area (Å²) in [6.45, 7) is 7.26. The van der Waals surface area contributed by atoms with E-state index in [1.54, 1.807) is 37.1 Å². The molecule has 0 aliphatic carbocycles. The fraction of sp³-hybridized carbons (Fsp3) is 0.391. The number of halogens is 1. The smallest absolute Gasteiger partial charge is 0.191 e. The zero-order valence-electron chi connectivity index (χ0n) is 18.3. The van der Waals surface area contributed by atoms with Crippen LogP contribution in [-0.4, -0.2) is 40.8 Å². The second kappa shape index (κ2) is 11.2. The van der Waals surface area contributed by atoms with Gasteiger partial charge in [-0.2, -0.15) is 0 Å². The Balaban J connectivity index is 1.65. The Labute approximate surface area is 186 Å². The third-order valence-electron chi connectivity index (χ3n) is 4.69. The average Bonchev–Trinajstić information content (AvgIpc) is 3.16. The largest absolute Gasteiger partial charge is 0.492 e. The Bertz CT molecular complexity index is 996. The lowest BCUT2D eigenvalue weighted by Gasteiger charge is -2.17. The van der Waals surface area contributed by atoms with Gasteiger partial charge in [-0.15, -0.1) is 10.2 Å². The highest BCUT2D eigenvalue weighted by atomic mass is 32.2. The second-order valence-electron chi connectivity index (χ2n) is 7.26. The molecule has 0 bridgehead atoms. The van der Waals surface area contributed by atoms with E-state index in [0.717, 1.165) is 16.5 Å². The Morgan fingerprint density at radius 2 is 1.87 bits per heavy atom. The van der Waals surface area contributed by atoms with E-state index in [1.165, 1.54) is 11.6 Å². The van der Waals surface area contributed by atoms with Gasteiger partial charge in [-0.1, -0.05) is 36.0 Å². The first-order valence-corrected chi connectivity index (χ1v) is 11.1. The first kappa shape index (κ1) is 23.1. The van der Waals surface area contributed by atoms with E-state index in [9.17, 15) is 4.39 Å². The molecule has 8 heteroatoms. The number of nitrogens with zero attached hydrogens (tertiary/aromatic N) is 3. The number of hydrogen-bond acceptors (Lipinski definition) is 6. The van der Waals surface area contributed by atoms with E-state index in [1.807, 2.05) is 31.4 Å². The van der Waals surface area contributed by atoms with Crippen molar-refractivity contribution >= 4 is 11.8 Å². The van der Waals surface area contributed by atoms with Crippen LogP contribution in [-0.2, 0) is 11.3 Å². The maximum atomic E-state index is 13.9. The maximum Gasteiger partial charge on any atom is 0.191 e. The molecule has 2 aromatic carbocycles. The predicted octanol–water partition coefficient (Wildman–Crippen LogP) is 4.99. The van der Waals surface area contributed by atoms with Crippen LogP contribution < -0.4 is 9.47 Å². The molecule has 1 atom stereocenters. The monoisotopic (exact) mass is 445 g/mol. The normalized spacial score (nSPS) is 12.0. The molecule has 0 aliphatic heterocycles. The van der Waals surface area contributed by atoms with E-state index in [2.05, 4.69) is 22.3 Å². The molecule has 0 aliphatic rings. The molecule has 1 aromatic heterocycles. The number of aryl methyl sites for hydroxylation is 2. The van der Waals surface area contributed by atoms with Gasteiger partial charge in [0.15, 0.2) is 22.5 Å². The van der Waals surface area contributed by atoms with E-state index >= 15 is 0 Å². The number of para-hydroxylation sites is 1. The van der Waals surface area contributed by atoms with Crippen molar-refractivity contribution < 1.29 is 18.6 Å². The van der Waals surface area contributed by atoms with Crippen molar-refractivity contribution in [1.82, 2.24) is 14.8 Å². The molecular formula is C23H28FN3O3S. The molecule has 3 rings (SSSR count). The van der Waals surface area contributed by atoms with Gasteiger partial charge in [0, 0.05) is 12.9 Å². The summed E-state index contributed by atoms with van der Waals surface area (Å²) in [7, 11) is 1.65. The van der Waals surface area contributed by atoms with Crippen molar-refractivity contribution in [3.8, 4) is 11.5 Å². The molecule has 166 valence electrons. The van der Waals surface area contributed by atoms with Crippen LogP contribution >= 0.6 is 11.8 Å². The molecule has 0 spiro atoms. The molecule has 0 N–H and O–H groups in total. The Kier molecular flexibility index (Phi) is 8.31. The molecule has 0 saturated carbocycles. The van der Waals surface area contributed by atoms with Crippen molar-refractivity contribution in [3.63, 3.8) is 0 Å². The third kappa shape index (κ3) is 6.21. The minimum Gasteiger partial charge on any atom is -0.492 e. The number of hydrogen-bond donors (Lipinski definition) is 0. The first-order chi connectivity index (χ1) is 15.0. The lowest BCUT2D eigenvalue weighted by Crippen LogP contribution is -2.17. The van der Waals surface area contributed by atoms with Crippen LogP contribution in [0.25, 0.3) is 0 Å². The Morgan fingerprint density at radius 1 is 1.06 bits per heavy atom. The van der Waals surface area contributed by atoms with Gasteiger partial charge in [0.1, 0.15) is 12.4 Å². The third-order valence-corrected chi connectivity index (χ3v) is 5.60. The fourth-order valence-corrected chi connectivity index (χ4v) is 3.99. The maximum absolute atomic E-state index is 13.9. The van der Waals surface area contributed by atoms with Gasteiger partial charge in [-0.05, 0) is 50.1 Å². The summed E-state index contributed by atoms with van der Waals surface area (Å²) in [5.74, 6) is 2.00. The fourth-order valence-electron chi connectivity index (χ4n) is 3.11. The molecule has 1 unspecified atom stereocenters. The zero-order valence-corrected chi connectivity index (χ0v) is 19.1. The van der Waals surface area contributed by atoms with E-state index < -0.39 is 5.82 Å². The molecule has 31 heavy (non-hydrogen) atoms. The number of ether oxygens (including phenoxy) is 3. The van der Waals surface area contributed by atoms with Crippen LogP contribution in [0.1, 0.15) is 29.9 Å². The molecule has 1 heterocycles. The van der Waals surface area contributed by atoms with Crippen molar-refractivity contribution in [2.45, 2.75) is 38.6 Å². The average molecular weight is 446 g/mol. The Hall–Kier alpha value is -2.58. The summed E-state index contributed by atoms with van der Waals surface area (Å²) in [6, 6.07) is 12.5. The van der Waals surface area contributed by atoms with Gasteiger partial charge in [-0.3, -0.25) is 4.57 Å². The topological polar surface area (TPSA) is 58.4 Å². The SMILES string of the molecule is COCC(C)n1c(COc2ccccc2F)nnc1SCCOc1cc(C)ccc1C. The van der Waals surface area contributed by atoms with Crippen LogP contribution in [0.2, 0.25) is 0 Å². The van der Waals surface area contributed by atoms with Crippen LogP contribution in [0.15, 0.2) is 47.6 Å². The van der Waals surface area contributed by atoms with Gasteiger partial charge >= 0.3 is 0 Å². The number of methoxy groups -OCH3 is 1. The molecule has 6 nitrogen and oxygen atoms in total. The number of aromatic nitrogens is 3. The second-order valence-corrected chi connectivity index (χ2v) is 8.32. The van der Waals surface area contributed by atoms with Gasteiger partial charge in [-0.25, -0.2) is 4.39 Å². The highest BCUT2D eigenvalue weighted by molar-refractivity contribution is 7.99. The zero-order chi connectivity index (χ0) is 22.2. The van der Waals surface area contributed by atoms with Crippen molar-refractivity contribution in [1.29, 1.82) is 0 Å². The van der Waals surface area contributed by atoms with E-state index in [-0.39, 0.29) is 18.4 Å². The number of thioether (sulfide) groups is 1. The highest BCUT2D eigenvalue weighted by Crippen LogP contribution is 2.25. The number of benzene rings is 2. The summed E-state index contributed by atoms with van der Waals surface area (Å²) in [5.41, 5.74) is 2.28. The first-order valence-electron chi connectivity index (χ1n) is 10.1. The lowest BCUT2D eigenvalue weighted by molar-refractivity contribution is 0.154. The number of rotatable bonds is 11. The standard InChI is InChI=1S/C23H28FN3O3S/c1-16-9-10-17(2)21(13-16)29-11-12-31-23-26-25-22(27(23)18(3)14-28-4)15-30-20-8-6-5-7-19(20)24/h5-10,13,18H,11-12,14-15H2,1-4H3. The summed E-state index contributed by atoms with van der Waals surface area (Å²) < 4.78 is 32.7. The van der Waals surface area contributed by atoms with Gasteiger partial charge < -0.3 is 14.2 Å². The van der Waals surface area contributed by atoms with Gasteiger partial charge in [0.05, 0.1) is 19.3 Å². The molecule has 3 aromatic rings. The van der Waals surface area contributed by atoms with E-state index in [0.29, 0.717) is 24.8 Å². The van der Waals surface area contributed by atoms with Gasteiger partial charge in [0.2, 0.25) is 0 Å². The van der Waals surface area contributed by atoms with Gasteiger partial charge in [0.25, 0.3) is 0 Å². The molecule has 0 radical (unpaired) electrons. The van der Waals surface area contributed by atoms with Crippen LogP contribution in [0.4, 0.5) is 4.39 Å². The van der Waals surface area contributed by atoms with Crippen molar-refractivity contribution in [2.24, 2.45) is 0 Å². The highest BCUT2D eigenvalue weighted by Gasteiger charge is 2.19. The lowest BCUT2D eigenvalue weighted by atomic mass is 10.1. The minimum atomic E-state index is -0.406. The van der Waals surface area contributed by atoms with Crippen LogP contribution in [0, 0.1) is 19.7 Å². The summed E-state index contributed by atoms with van der Waals surface area (Å²) in [4.78, 5) is 0. The quantitative estimate of drug-likeness (QED) is 0.306. The summed E-state index contributed by atoms with van der Waals surface area (Å²) in [6.07, 6.45) is 0. The van der Waals surface area contributed by atoms with E-state index in [4.69, 9.17) is 14.2 Å². The molecule has 0 fully saturated rings. The molecular weight excluding hydrogens is 417 g/mol.